The highest BCUT2D eigenvalue weighted by molar-refractivity contribution is 6.04. The molecule has 2 aromatic carbocycles. The van der Waals surface area contributed by atoms with Gasteiger partial charge in [0.1, 0.15) is 0 Å². The first-order valence-corrected chi connectivity index (χ1v) is 12.6. The van der Waals surface area contributed by atoms with E-state index in [9.17, 15) is 9.59 Å². The minimum absolute atomic E-state index is 0.00382. The molecule has 1 saturated heterocycles. The standard InChI is InChI=1S/C27H33N7O2/c1-3-32(4-2)11-12-33-13-15-34(16-14-33)27(36)18-9-10-20-19(17-18)23(28)24(29-20)25-26(35)31-22-8-6-5-7-21(22)30-25/h5-10,17,29H,3-4,11-16,28H2,1-2H3,(H,31,35). The number of nitrogens with one attached hydrogen (secondary N) is 2. The van der Waals surface area contributed by atoms with Gasteiger partial charge in [-0.3, -0.25) is 14.5 Å². The van der Waals surface area contributed by atoms with Crippen LogP contribution in [0.15, 0.2) is 47.3 Å². The number of nitrogens with zero attached hydrogens (tertiary/aromatic N) is 4. The lowest BCUT2D eigenvalue weighted by Gasteiger charge is -2.35. The van der Waals surface area contributed by atoms with Crippen molar-refractivity contribution < 1.29 is 4.79 Å². The molecule has 0 radical (unpaired) electrons. The number of benzene rings is 2. The molecule has 1 aliphatic heterocycles. The van der Waals surface area contributed by atoms with Crippen molar-refractivity contribution in [1.82, 2.24) is 29.7 Å². The summed E-state index contributed by atoms with van der Waals surface area (Å²) < 4.78 is 0. The number of amides is 1. The molecule has 0 bridgehead atoms. The number of rotatable bonds is 7. The van der Waals surface area contributed by atoms with Gasteiger partial charge in [-0.1, -0.05) is 26.0 Å². The van der Waals surface area contributed by atoms with E-state index in [1.54, 1.807) is 0 Å². The molecule has 4 N–H and O–H groups in total. The third kappa shape index (κ3) is 4.59. The van der Waals surface area contributed by atoms with Gasteiger partial charge in [-0.2, -0.15) is 0 Å². The molecule has 0 saturated carbocycles. The molecule has 188 valence electrons. The molecule has 1 fully saturated rings. The monoisotopic (exact) mass is 487 g/mol. The highest BCUT2D eigenvalue weighted by Gasteiger charge is 2.23. The fourth-order valence-electron chi connectivity index (χ4n) is 4.91. The Kier molecular flexibility index (Phi) is 6.75. The minimum Gasteiger partial charge on any atom is -0.396 e. The number of aromatic amines is 2. The van der Waals surface area contributed by atoms with Crippen LogP contribution in [0.1, 0.15) is 24.2 Å². The highest BCUT2D eigenvalue weighted by Crippen LogP contribution is 2.31. The fourth-order valence-corrected chi connectivity index (χ4v) is 4.91. The van der Waals surface area contributed by atoms with Crippen LogP contribution in [0.4, 0.5) is 5.69 Å². The number of carbonyl (C=O) groups is 1. The van der Waals surface area contributed by atoms with Crippen LogP contribution in [0.2, 0.25) is 0 Å². The van der Waals surface area contributed by atoms with Gasteiger partial charge in [-0.15, -0.1) is 0 Å². The van der Waals surface area contributed by atoms with Crippen LogP contribution < -0.4 is 11.3 Å². The van der Waals surface area contributed by atoms with Crippen LogP contribution in [-0.4, -0.2) is 87.9 Å². The Morgan fingerprint density at radius 1 is 1.03 bits per heavy atom. The second-order valence-electron chi connectivity index (χ2n) is 9.27. The van der Waals surface area contributed by atoms with Crippen molar-refractivity contribution >= 4 is 33.5 Å². The number of piperazine rings is 1. The predicted octanol–water partition coefficient (Wildman–Crippen LogP) is 2.75. The molecule has 1 aliphatic rings. The summed E-state index contributed by atoms with van der Waals surface area (Å²) in [5.41, 5.74) is 9.96. The molecule has 0 atom stereocenters. The Morgan fingerprint density at radius 2 is 1.78 bits per heavy atom. The molecule has 1 amide bonds. The maximum atomic E-state index is 13.3. The Labute approximate surface area is 209 Å². The summed E-state index contributed by atoms with van der Waals surface area (Å²) in [6, 6.07) is 12.8. The van der Waals surface area contributed by atoms with Crippen molar-refractivity contribution in [1.29, 1.82) is 0 Å². The first kappa shape index (κ1) is 24.0. The summed E-state index contributed by atoms with van der Waals surface area (Å²) in [6.45, 7) is 11.8. The zero-order valence-electron chi connectivity index (χ0n) is 20.9. The number of nitrogens with two attached hydrogens (primary N) is 1. The van der Waals surface area contributed by atoms with E-state index in [4.69, 9.17) is 5.73 Å². The molecule has 9 nitrogen and oxygen atoms in total. The van der Waals surface area contributed by atoms with Crippen molar-refractivity contribution in [3.05, 3.63) is 58.4 Å². The number of hydrogen-bond donors (Lipinski definition) is 3. The normalized spacial score (nSPS) is 14.8. The molecule has 9 heteroatoms. The van der Waals surface area contributed by atoms with Gasteiger partial charge in [-0.05, 0) is 43.4 Å². The molecular weight excluding hydrogens is 454 g/mol. The van der Waals surface area contributed by atoms with Crippen molar-refractivity contribution in [2.45, 2.75) is 13.8 Å². The Hall–Kier alpha value is -3.69. The SMILES string of the molecule is CCN(CC)CCN1CCN(C(=O)c2ccc3[nH]c(-c4nc5ccccc5[nH]c4=O)c(N)c3c2)CC1. The number of anilines is 1. The number of nitrogen functional groups attached to an aromatic ring is 1. The minimum atomic E-state index is -0.317. The molecule has 0 spiro atoms. The highest BCUT2D eigenvalue weighted by atomic mass is 16.2. The molecule has 2 aromatic heterocycles. The van der Waals surface area contributed by atoms with Crippen LogP contribution in [-0.2, 0) is 0 Å². The van der Waals surface area contributed by atoms with E-state index in [-0.39, 0.29) is 17.2 Å². The van der Waals surface area contributed by atoms with Gasteiger partial charge in [0.25, 0.3) is 11.5 Å². The number of hydrogen-bond acceptors (Lipinski definition) is 6. The van der Waals surface area contributed by atoms with Crippen LogP contribution >= 0.6 is 0 Å². The topological polar surface area (TPSA) is 114 Å². The first-order valence-electron chi connectivity index (χ1n) is 12.6. The Bertz CT molecular complexity index is 1450. The third-order valence-electron chi connectivity index (χ3n) is 7.21. The summed E-state index contributed by atoms with van der Waals surface area (Å²) in [6.07, 6.45) is 0. The lowest BCUT2D eigenvalue weighted by Crippen LogP contribution is -2.50. The van der Waals surface area contributed by atoms with Crippen LogP contribution in [0, 0.1) is 0 Å². The van der Waals surface area contributed by atoms with Crippen molar-refractivity contribution in [3.8, 4) is 11.4 Å². The number of likely N-dealkylation sites (N-methyl/N-ethyl adjacent to an activating group) is 1. The second kappa shape index (κ2) is 10.1. The first-order chi connectivity index (χ1) is 17.5. The van der Waals surface area contributed by atoms with Gasteiger partial charge in [-0.25, -0.2) is 4.98 Å². The molecule has 4 aromatic rings. The zero-order valence-corrected chi connectivity index (χ0v) is 20.9. The maximum absolute atomic E-state index is 13.3. The quantitative estimate of drug-likeness (QED) is 0.369. The zero-order chi connectivity index (χ0) is 25.2. The van der Waals surface area contributed by atoms with Gasteiger partial charge >= 0.3 is 0 Å². The number of aromatic nitrogens is 3. The summed E-state index contributed by atoms with van der Waals surface area (Å²) in [5, 5.41) is 0.711. The molecule has 5 rings (SSSR count). The lowest BCUT2D eigenvalue weighted by atomic mass is 10.1. The molecule has 3 heterocycles. The predicted molar refractivity (Wildman–Crippen MR) is 144 cm³/mol. The van der Waals surface area contributed by atoms with Gasteiger partial charge in [0.05, 0.1) is 22.4 Å². The van der Waals surface area contributed by atoms with Crippen molar-refractivity contribution in [2.24, 2.45) is 0 Å². The summed E-state index contributed by atoms with van der Waals surface area (Å²) in [5.74, 6) is 0.00382. The molecule has 36 heavy (non-hydrogen) atoms. The summed E-state index contributed by atoms with van der Waals surface area (Å²) >= 11 is 0. The van der Waals surface area contributed by atoms with E-state index < -0.39 is 0 Å². The van der Waals surface area contributed by atoms with E-state index in [1.165, 1.54) is 0 Å². The van der Waals surface area contributed by atoms with Crippen LogP contribution in [0.3, 0.4) is 0 Å². The van der Waals surface area contributed by atoms with E-state index in [2.05, 4.69) is 38.6 Å². The van der Waals surface area contributed by atoms with E-state index in [0.717, 1.165) is 44.8 Å². The second-order valence-corrected chi connectivity index (χ2v) is 9.27. The van der Waals surface area contributed by atoms with Gasteiger partial charge < -0.3 is 25.5 Å². The molecular formula is C27H33N7O2. The van der Waals surface area contributed by atoms with Crippen LogP contribution in [0.25, 0.3) is 33.3 Å². The third-order valence-corrected chi connectivity index (χ3v) is 7.21. The number of carbonyl (C=O) groups excluding carboxylic acids is 1. The Morgan fingerprint density at radius 3 is 2.53 bits per heavy atom. The Balaban J connectivity index is 1.34. The molecule has 0 aliphatic carbocycles. The number of H-pyrrole nitrogens is 2. The smallest absolute Gasteiger partial charge is 0.276 e. The summed E-state index contributed by atoms with van der Waals surface area (Å²) in [4.78, 5) is 43.4. The average Bonchev–Trinajstić information content (AvgIpc) is 3.24. The van der Waals surface area contributed by atoms with Crippen LogP contribution in [0.5, 0.6) is 0 Å². The lowest BCUT2D eigenvalue weighted by molar-refractivity contribution is 0.0625. The average molecular weight is 488 g/mol. The summed E-state index contributed by atoms with van der Waals surface area (Å²) in [7, 11) is 0. The fraction of sp³-hybridized carbons (Fsp3) is 0.370. The van der Waals surface area contributed by atoms with E-state index in [0.29, 0.717) is 46.5 Å². The van der Waals surface area contributed by atoms with E-state index >= 15 is 0 Å². The van der Waals surface area contributed by atoms with Gasteiger partial charge in [0.15, 0.2) is 5.69 Å². The molecule has 0 unspecified atom stereocenters. The van der Waals surface area contributed by atoms with E-state index in [1.807, 2.05) is 47.4 Å². The number of fused-ring (bicyclic) bond motifs is 2. The maximum Gasteiger partial charge on any atom is 0.276 e. The van der Waals surface area contributed by atoms with Crippen molar-refractivity contribution in [3.63, 3.8) is 0 Å². The van der Waals surface area contributed by atoms with Gasteiger partial charge in [0.2, 0.25) is 0 Å². The largest absolute Gasteiger partial charge is 0.396 e. The van der Waals surface area contributed by atoms with Crippen molar-refractivity contribution in [2.75, 3.05) is 58.1 Å². The number of para-hydroxylation sites is 2. The van der Waals surface area contributed by atoms with Gasteiger partial charge in [0, 0.05) is 55.7 Å².